The second-order valence-corrected chi connectivity index (χ2v) is 2.57. The van der Waals surface area contributed by atoms with Crippen molar-refractivity contribution in [2.45, 2.75) is 13.3 Å². The van der Waals surface area contributed by atoms with Gasteiger partial charge in [0.25, 0.3) is 0 Å². The molecular formula is C7H15NO3. The molecule has 1 unspecified atom stereocenters. The Kier molecular flexibility index (Phi) is 4.81. The fourth-order valence-corrected chi connectivity index (χ4v) is 0.593. The van der Waals surface area contributed by atoms with Crippen LogP contribution in [0.4, 0.5) is 0 Å². The van der Waals surface area contributed by atoms with Crippen LogP contribution in [0.15, 0.2) is 0 Å². The first-order valence-electron chi connectivity index (χ1n) is 3.53. The zero-order chi connectivity index (χ0) is 8.85. The molecule has 1 amide bonds. The number of hydrogen-bond acceptors (Lipinski definition) is 3. The van der Waals surface area contributed by atoms with E-state index >= 15 is 0 Å². The second kappa shape index (κ2) is 5.09. The molecule has 0 aliphatic carbocycles. The predicted molar refractivity (Wildman–Crippen MR) is 40.6 cm³/mol. The summed E-state index contributed by atoms with van der Waals surface area (Å²) in [5.74, 6) is -0.117. The largest absolute Gasteiger partial charge is 0.396 e. The number of hydrogen-bond donors (Lipinski definition) is 1. The fraction of sp³-hybridized carbons (Fsp3) is 0.857. The summed E-state index contributed by atoms with van der Waals surface area (Å²) in [6.07, 6.45) is 0.320. The molecule has 0 bridgehead atoms. The highest BCUT2D eigenvalue weighted by molar-refractivity contribution is 5.74. The predicted octanol–water partition coefficient (Wildman–Crippen LogP) is 0.0247. The van der Waals surface area contributed by atoms with Gasteiger partial charge in [-0.05, 0) is 5.92 Å². The van der Waals surface area contributed by atoms with E-state index in [1.807, 2.05) is 0 Å². The van der Waals surface area contributed by atoms with E-state index in [1.54, 1.807) is 14.0 Å². The molecule has 0 heterocycles. The zero-order valence-electron chi connectivity index (χ0n) is 7.20. The lowest BCUT2D eigenvalue weighted by atomic mass is 10.1. The lowest BCUT2D eigenvalue weighted by molar-refractivity contribution is -0.169. The summed E-state index contributed by atoms with van der Waals surface area (Å²) < 4.78 is 0. The standard InChI is InChI=1S/C7H15NO3/c1-6(5-9)4-7(10)8(2)11-3/h6,9H,4-5H2,1-3H3. The van der Waals surface area contributed by atoms with Gasteiger partial charge in [-0.1, -0.05) is 6.92 Å². The van der Waals surface area contributed by atoms with Gasteiger partial charge in [0.15, 0.2) is 0 Å². The monoisotopic (exact) mass is 161 g/mol. The minimum atomic E-state index is -0.117. The molecular weight excluding hydrogens is 146 g/mol. The van der Waals surface area contributed by atoms with Crippen LogP contribution in [-0.4, -0.2) is 36.8 Å². The highest BCUT2D eigenvalue weighted by Crippen LogP contribution is 2.02. The van der Waals surface area contributed by atoms with Gasteiger partial charge in [-0.25, -0.2) is 5.06 Å². The number of hydroxylamine groups is 2. The normalized spacial score (nSPS) is 12.7. The number of amides is 1. The molecule has 0 saturated carbocycles. The van der Waals surface area contributed by atoms with Crippen molar-refractivity contribution in [3.05, 3.63) is 0 Å². The molecule has 66 valence electrons. The summed E-state index contributed by atoms with van der Waals surface area (Å²) in [6.45, 7) is 1.84. The summed E-state index contributed by atoms with van der Waals surface area (Å²) in [5, 5.41) is 9.79. The highest BCUT2D eigenvalue weighted by Gasteiger charge is 2.11. The molecule has 0 saturated heterocycles. The number of aliphatic hydroxyl groups is 1. The fourth-order valence-electron chi connectivity index (χ4n) is 0.593. The summed E-state index contributed by atoms with van der Waals surface area (Å²) >= 11 is 0. The maximum Gasteiger partial charge on any atom is 0.246 e. The van der Waals surface area contributed by atoms with Crippen molar-refractivity contribution >= 4 is 5.91 Å². The van der Waals surface area contributed by atoms with Crippen LogP contribution in [-0.2, 0) is 9.63 Å². The van der Waals surface area contributed by atoms with E-state index in [2.05, 4.69) is 4.84 Å². The lowest BCUT2D eigenvalue weighted by Crippen LogP contribution is -2.27. The van der Waals surface area contributed by atoms with Gasteiger partial charge in [-0.3, -0.25) is 9.63 Å². The smallest absolute Gasteiger partial charge is 0.246 e. The Morgan fingerprint density at radius 3 is 2.64 bits per heavy atom. The van der Waals surface area contributed by atoms with Crippen LogP contribution in [0.1, 0.15) is 13.3 Å². The number of carbonyl (C=O) groups excluding carboxylic acids is 1. The van der Waals surface area contributed by atoms with Crippen LogP contribution < -0.4 is 0 Å². The Balaban J connectivity index is 3.68. The van der Waals surface area contributed by atoms with E-state index < -0.39 is 0 Å². The Bertz CT molecular complexity index is 127. The molecule has 0 aliphatic rings. The maximum atomic E-state index is 11.0. The highest BCUT2D eigenvalue weighted by atomic mass is 16.7. The first-order valence-corrected chi connectivity index (χ1v) is 3.53. The topological polar surface area (TPSA) is 49.8 Å². The van der Waals surface area contributed by atoms with Gasteiger partial charge in [0.1, 0.15) is 0 Å². The van der Waals surface area contributed by atoms with Gasteiger partial charge in [0.05, 0.1) is 7.11 Å². The third-order valence-corrected chi connectivity index (χ3v) is 1.46. The molecule has 1 atom stereocenters. The molecule has 0 aromatic carbocycles. The van der Waals surface area contributed by atoms with Crippen molar-refractivity contribution < 1.29 is 14.7 Å². The molecule has 0 rings (SSSR count). The van der Waals surface area contributed by atoms with Crippen LogP contribution in [0.3, 0.4) is 0 Å². The Morgan fingerprint density at radius 1 is 1.73 bits per heavy atom. The van der Waals surface area contributed by atoms with Crippen LogP contribution in [0.2, 0.25) is 0 Å². The minimum Gasteiger partial charge on any atom is -0.396 e. The van der Waals surface area contributed by atoms with Crippen LogP contribution in [0.5, 0.6) is 0 Å². The summed E-state index contributed by atoms with van der Waals surface area (Å²) in [7, 11) is 2.98. The van der Waals surface area contributed by atoms with E-state index in [0.717, 1.165) is 5.06 Å². The summed E-state index contributed by atoms with van der Waals surface area (Å²) in [6, 6.07) is 0. The van der Waals surface area contributed by atoms with Crippen molar-refractivity contribution in [1.29, 1.82) is 0 Å². The van der Waals surface area contributed by atoms with Crippen LogP contribution >= 0.6 is 0 Å². The average molecular weight is 161 g/mol. The molecule has 4 nitrogen and oxygen atoms in total. The van der Waals surface area contributed by atoms with E-state index in [1.165, 1.54) is 7.11 Å². The number of carbonyl (C=O) groups is 1. The van der Waals surface area contributed by atoms with Crippen molar-refractivity contribution in [3.8, 4) is 0 Å². The van der Waals surface area contributed by atoms with Gasteiger partial charge >= 0.3 is 0 Å². The van der Waals surface area contributed by atoms with Crippen molar-refractivity contribution in [2.24, 2.45) is 5.92 Å². The Labute approximate surface area is 66.7 Å². The van der Waals surface area contributed by atoms with Gasteiger partial charge in [-0.15, -0.1) is 0 Å². The van der Waals surface area contributed by atoms with E-state index in [4.69, 9.17) is 5.11 Å². The third-order valence-electron chi connectivity index (χ3n) is 1.46. The van der Waals surface area contributed by atoms with Crippen molar-refractivity contribution in [2.75, 3.05) is 20.8 Å². The van der Waals surface area contributed by atoms with E-state index in [9.17, 15) is 4.79 Å². The summed E-state index contributed by atoms with van der Waals surface area (Å²) in [4.78, 5) is 15.7. The van der Waals surface area contributed by atoms with Crippen molar-refractivity contribution in [1.82, 2.24) is 5.06 Å². The molecule has 0 aromatic rings. The van der Waals surface area contributed by atoms with Crippen molar-refractivity contribution in [3.63, 3.8) is 0 Å². The molecule has 0 aliphatic heterocycles. The number of rotatable bonds is 4. The number of aliphatic hydroxyl groups excluding tert-OH is 1. The first kappa shape index (κ1) is 10.4. The van der Waals surface area contributed by atoms with Gasteiger partial charge < -0.3 is 5.11 Å². The third kappa shape index (κ3) is 3.95. The molecule has 11 heavy (non-hydrogen) atoms. The Hall–Kier alpha value is -0.610. The summed E-state index contributed by atoms with van der Waals surface area (Å²) in [5.41, 5.74) is 0. The molecule has 1 N–H and O–H groups in total. The van der Waals surface area contributed by atoms with E-state index in [0.29, 0.717) is 6.42 Å². The minimum absolute atomic E-state index is 0.0000926. The average Bonchev–Trinajstić information content (AvgIpc) is 2.02. The maximum absolute atomic E-state index is 11.0. The number of nitrogens with zero attached hydrogens (tertiary/aromatic N) is 1. The molecule has 4 heteroatoms. The first-order chi connectivity index (χ1) is 5.11. The lowest BCUT2D eigenvalue weighted by Gasteiger charge is -2.15. The van der Waals surface area contributed by atoms with Gasteiger partial charge in [0, 0.05) is 20.1 Å². The second-order valence-electron chi connectivity index (χ2n) is 2.57. The molecule has 0 fully saturated rings. The van der Waals surface area contributed by atoms with Gasteiger partial charge in [0.2, 0.25) is 5.91 Å². The van der Waals surface area contributed by atoms with E-state index in [-0.39, 0.29) is 18.4 Å². The van der Waals surface area contributed by atoms with Crippen LogP contribution in [0, 0.1) is 5.92 Å². The van der Waals surface area contributed by atoms with Gasteiger partial charge in [-0.2, -0.15) is 0 Å². The SMILES string of the molecule is CON(C)C(=O)CC(C)CO. The molecule has 0 aromatic heterocycles. The Morgan fingerprint density at radius 2 is 2.27 bits per heavy atom. The quantitative estimate of drug-likeness (QED) is 0.591. The van der Waals surface area contributed by atoms with Crippen LogP contribution in [0.25, 0.3) is 0 Å². The zero-order valence-corrected chi connectivity index (χ0v) is 7.20. The molecule has 0 radical (unpaired) electrons. The molecule has 0 spiro atoms.